The average Bonchev–Trinajstić information content (AvgIpc) is 2.46. The molecule has 1 aromatic carbocycles. The molecule has 1 amide bonds. The van der Waals surface area contributed by atoms with Crippen LogP contribution in [0.15, 0.2) is 24.3 Å². The van der Waals surface area contributed by atoms with Crippen LogP contribution < -0.4 is 10.6 Å². The molecule has 1 unspecified atom stereocenters. The van der Waals surface area contributed by atoms with E-state index in [4.69, 9.17) is 10.00 Å². The number of nitrogens with zero attached hydrogens (tertiary/aromatic N) is 1. The number of rotatable bonds is 4. The largest absolute Gasteiger partial charge is 0.378 e. The Hall–Kier alpha value is -1.90. The SMILES string of the molecule is N#Cc1cccc(CNC(=O)CC2COCCN2)c1. The van der Waals surface area contributed by atoms with Crippen LogP contribution in [-0.2, 0) is 16.1 Å². The molecule has 5 heteroatoms. The number of carbonyl (C=O) groups is 1. The summed E-state index contributed by atoms with van der Waals surface area (Å²) >= 11 is 0. The van der Waals surface area contributed by atoms with Crippen LogP contribution in [0.5, 0.6) is 0 Å². The Labute approximate surface area is 112 Å². The van der Waals surface area contributed by atoms with Crippen molar-refractivity contribution in [1.29, 1.82) is 5.26 Å². The quantitative estimate of drug-likeness (QED) is 0.828. The van der Waals surface area contributed by atoms with E-state index in [1.165, 1.54) is 0 Å². The summed E-state index contributed by atoms with van der Waals surface area (Å²) in [5.41, 5.74) is 1.54. The lowest BCUT2D eigenvalue weighted by molar-refractivity contribution is -0.122. The van der Waals surface area contributed by atoms with Gasteiger partial charge < -0.3 is 15.4 Å². The number of hydrogen-bond acceptors (Lipinski definition) is 4. The van der Waals surface area contributed by atoms with E-state index in [1.807, 2.05) is 12.1 Å². The summed E-state index contributed by atoms with van der Waals surface area (Å²) in [5, 5.41) is 14.9. The van der Waals surface area contributed by atoms with E-state index < -0.39 is 0 Å². The summed E-state index contributed by atoms with van der Waals surface area (Å²) < 4.78 is 5.30. The molecule has 0 bridgehead atoms. The second-order valence-electron chi connectivity index (χ2n) is 4.52. The monoisotopic (exact) mass is 259 g/mol. The van der Waals surface area contributed by atoms with E-state index in [0.29, 0.717) is 31.7 Å². The predicted octanol–water partition coefficient (Wildman–Crippen LogP) is 0.553. The summed E-state index contributed by atoms with van der Waals surface area (Å²) in [5.74, 6) is -0.00893. The minimum atomic E-state index is -0.00893. The molecule has 0 aliphatic carbocycles. The Kier molecular flexibility index (Phi) is 4.90. The second-order valence-corrected chi connectivity index (χ2v) is 4.52. The molecular formula is C14H17N3O2. The molecule has 0 aromatic heterocycles. The number of ether oxygens (including phenoxy) is 1. The van der Waals surface area contributed by atoms with Crippen molar-refractivity contribution >= 4 is 5.91 Å². The fourth-order valence-electron chi connectivity index (χ4n) is 2.00. The van der Waals surface area contributed by atoms with Gasteiger partial charge in [-0.05, 0) is 17.7 Å². The second kappa shape index (κ2) is 6.88. The molecule has 0 radical (unpaired) electrons. The topological polar surface area (TPSA) is 74.2 Å². The first-order chi connectivity index (χ1) is 9.28. The smallest absolute Gasteiger partial charge is 0.221 e. The van der Waals surface area contributed by atoms with Crippen molar-refractivity contribution in [2.24, 2.45) is 0 Å². The maximum Gasteiger partial charge on any atom is 0.221 e. The summed E-state index contributed by atoms with van der Waals surface area (Å²) in [6, 6.07) is 9.41. The average molecular weight is 259 g/mol. The highest BCUT2D eigenvalue weighted by Gasteiger charge is 2.16. The summed E-state index contributed by atoms with van der Waals surface area (Å²) in [4.78, 5) is 11.8. The van der Waals surface area contributed by atoms with Crippen LogP contribution in [0.2, 0.25) is 0 Å². The highest BCUT2D eigenvalue weighted by atomic mass is 16.5. The number of hydrogen-bond donors (Lipinski definition) is 2. The van der Waals surface area contributed by atoms with Crippen molar-refractivity contribution in [3.8, 4) is 6.07 Å². The standard InChI is InChI=1S/C14H17N3O2/c15-8-11-2-1-3-12(6-11)9-17-14(18)7-13-10-19-5-4-16-13/h1-3,6,13,16H,4-5,7,9-10H2,(H,17,18). The maximum absolute atomic E-state index is 11.8. The van der Waals surface area contributed by atoms with Crippen LogP contribution >= 0.6 is 0 Å². The van der Waals surface area contributed by atoms with Gasteiger partial charge in [-0.15, -0.1) is 0 Å². The van der Waals surface area contributed by atoms with Gasteiger partial charge in [-0.3, -0.25) is 4.79 Å². The Morgan fingerprint density at radius 3 is 3.21 bits per heavy atom. The highest BCUT2D eigenvalue weighted by Crippen LogP contribution is 2.04. The van der Waals surface area contributed by atoms with Gasteiger partial charge in [0.1, 0.15) is 0 Å². The fraction of sp³-hybridized carbons (Fsp3) is 0.429. The van der Waals surface area contributed by atoms with Crippen LogP contribution in [0, 0.1) is 11.3 Å². The molecule has 0 spiro atoms. The number of morpholine rings is 1. The van der Waals surface area contributed by atoms with Gasteiger partial charge in [-0.2, -0.15) is 5.26 Å². The molecule has 1 saturated heterocycles. The van der Waals surface area contributed by atoms with Gasteiger partial charge in [0.15, 0.2) is 0 Å². The first-order valence-corrected chi connectivity index (χ1v) is 6.35. The molecule has 1 aliphatic heterocycles. The number of nitrogens with one attached hydrogen (secondary N) is 2. The first kappa shape index (κ1) is 13.5. The zero-order chi connectivity index (χ0) is 13.5. The lowest BCUT2D eigenvalue weighted by atomic mass is 10.1. The van der Waals surface area contributed by atoms with Crippen molar-refractivity contribution in [3.05, 3.63) is 35.4 Å². The molecule has 1 aliphatic rings. The zero-order valence-electron chi connectivity index (χ0n) is 10.7. The van der Waals surface area contributed by atoms with Gasteiger partial charge in [-0.25, -0.2) is 0 Å². The van der Waals surface area contributed by atoms with E-state index in [9.17, 15) is 4.79 Å². The molecular weight excluding hydrogens is 242 g/mol. The van der Waals surface area contributed by atoms with Gasteiger partial charge in [0.2, 0.25) is 5.91 Å². The minimum absolute atomic E-state index is 0.00893. The number of nitriles is 1. The Bertz CT molecular complexity index is 476. The van der Waals surface area contributed by atoms with Crippen molar-refractivity contribution in [3.63, 3.8) is 0 Å². The van der Waals surface area contributed by atoms with Crippen LogP contribution in [-0.4, -0.2) is 31.7 Å². The molecule has 5 nitrogen and oxygen atoms in total. The normalized spacial score (nSPS) is 18.6. The lowest BCUT2D eigenvalue weighted by Crippen LogP contribution is -2.44. The predicted molar refractivity (Wildman–Crippen MR) is 70.2 cm³/mol. The highest BCUT2D eigenvalue weighted by molar-refractivity contribution is 5.76. The van der Waals surface area contributed by atoms with E-state index >= 15 is 0 Å². The first-order valence-electron chi connectivity index (χ1n) is 6.35. The minimum Gasteiger partial charge on any atom is -0.378 e. The van der Waals surface area contributed by atoms with Crippen LogP contribution in [0.1, 0.15) is 17.5 Å². The molecule has 1 atom stereocenters. The van der Waals surface area contributed by atoms with Crippen molar-refractivity contribution in [1.82, 2.24) is 10.6 Å². The summed E-state index contributed by atoms with van der Waals surface area (Å²) in [6.07, 6.45) is 0.415. The lowest BCUT2D eigenvalue weighted by Gasteiger charge is -2.23. The van der Waals surface area contributed by atoms with E-state index in [-0.39, 0.29) is 11.9 Å². The Morgan fingerprint density at radius 2 is 2.47 bits per heavy atom. The molecule has 19 heavy (non-hydrogen) atoms. The number of carbonyl (C=O) groups excluding carboxylic acids is 1. The third-order valence-electron chi connectivity index (χ3n) is 2.98. The van der Waals surface area contributed by atoms with E-state index in [2.05, 4.69) is 16.7 Å². The summed E-state index contributed by atoms with van der Waals surface area (Å²) in [6.45, 7) is 2.53. The number of benzene rings is 1. The van der Waals surface area contributed by atoms with Crippen LogP contribution in [0.25, 0.3) is 0 Å². The molecule has 1 fully saturated rings. The molecule has 100 valence electrons. The molecule has 2 N–H and O–H groups in total. The molecule has 2 rings (SSSR count). The maximum atomic E-state index is 11.8. The van der Waals surface area contributed by atoms with Crippen molar-refractivity contribution in [2.45, 2.75) is 19.0 Å². The van der Waals surface area contributed by atoms with Gasteiger partial charge in [0, 0.05) is 25.6 Å². The van der Waals surface area contributed by atoms with Crippen molar-refractivity contribution in [2.75, 3.05) is 19.8 Å². The van der Waals surface area contributed by atoms with E-state index in [0.717, 1.165) is 12.1 Å². The third-order valence-corrected chi connectivity index (χ3v) is 2.98. The Balaban J connectivity index is 1.78. The van der Waals surface area contributed by atoms with Crippen LogP contribution in [0.4, 0.5) is 0 Å². The van der Waals surface area contributed by atoms with E-state index in [1.54, 1.807) is 12.1 Å². The fourth-order valence-corrected chi connectivity index (χ4v) is 2.00. The molecule has 1 heterocycles. The molecule has 1 aromatic rings. The Morgan fingerprint density at radius 1 is 1.58 bits per heavy atom. The zero-order valence-corrected chi connectivity index (χ0v) is 10.7. The van der Waals surface area contributed by atoms with Crippen molar-refractivity contribution < 1.29 is 9.53 Å². The van der Waals surface area contributed by atoms with Gasteiger partial charge >= 0.3 is 0 Å². The van der Waals surface area contributed by atoms with Crippen LogP contribution in [0.3, 0.4) is 0 Å². The molecule has 0 saturated carbocycles. The van der Waals surface area contributed by atoms with Gasteiger partial charge in [0.05, 0.1) is 24.8 Å². The van der Waals surface area contributed by atoms with Gasteiger partial charge in [-0.1, -0.05) is 12.1 Å². The number of amides is 1. The third kappa shape index (κ3) is 4.36. The van der Waals surface area contributed by atoms with Gasteiger partial charge in [0.25, 0.3) is 0 Å². The summed E-state index contributed by atoms with van der Waals surface area (Å²) in [7, 11) is 0.